The quantitative estimate of drug-likeness (QED) is 0.701. The Morgan fingerprint density at radius 3 is 2.93 bits per heavy atom. The highest BCUT2D eigenvalue weighted by atomic mass is 32.1. The highest BCUT2D eigenvalue weighted by Gasteiger charge is 2.32. The first-order chi connectivity index (χ1) is 6.70. The van der Waals surface area contributed by atoms with E-state index in [1.807, 2.05) is 25.3 Å². The van der Waals surface area contributed by atoms with E-state index in [1.54, 1.807) is 11.3 Å². The average molecular weight is 210 g/mol. The molecule has 1 saturated heterocycles. The van der Waals surface area contributed by atoms with E-state index in [4.69, 9.17) is 4.74 Å². The molecule has 76 valence electrons. The summed E-state index contributed by atoms with van der Waals surface area (Å²) in [6.07, 6.45) is 0.959. The zero-order valence-corrected chi connectivity index (χ0v) is 9.26. The minimum Gasteiger partial charge on any atom is -0.378 e. The molecule has 1 fully saturated rings. The topological polar surface area (TPSA) is 26.3 Å². The van der Waals surface area contributed by atoms with Gasteiger partial charge in [0.2, 0.25) is 0 Å². The second-order valence-corrected chi connectivity index (χ2v) is 4.68. The number of carbonyl (C=O) groups is 1. The van der Waals surface area contributed by atoms with Crippen molar-refractivity contribution in [2.24, 2.45) is 5.92 Å². The molecule has 1 aliphatic rings. The van der Waals surface area contributed by atoms with Gasteiger partial charge in [-0.3, -0.25) is 4.79 Å². The number of Topliss-reactive ketones (excluding diaryl/α,β-unsaturated/α-hetero) is 1. The molecule has 1 aliphatic heterocycles. The summed E-state index contributed by atoms with van der Waals surface area (Å²) in [6.45, 7) is 4.70. The van der Waals surface area contributed by atoms with E-state index in [9.17, 15) is 4.79 Å². The van der Waals surface area contributed by atoms with Crippen LogP contribution in [0.15, 0.2) is 11.4 Å². The van der Waals surface area contributed by atoms with Crippen molar-refractivity contribution in [1.29, 1.82) is 0 Å². The van der Waals surface area contributed by atoms with Crippen LogP contribution in [0.1, 0.15) is 28.6 Å². The van der Waals surface area contributed by atoms with Crippen LogP contribution < -0.4 is 0 Å². The number of aryl methyl sites for hydroxylation is 1. The van der Waals surface area contributed by atoms with Crippen LogP contribution in [0.4, 0.5) is 0 Å². The van der Waals surface area contributed by atoms with E-state index >= 15 is 0 Å². The van der Waals surface area contributed by atoms with Crippen molar-refractivity contribution in [3.63, 3.8) is 0 Å². The Morgan fingerprint density at radius 1 is 1.64 bits per heavy atom. The Bertz CT molecular complexity index is 343. The number of thiophene rings is 1. The van der Waals surface area contributed by atoms with Crippen LogP contribution in [0.5, 0.6) is 0 Å². The molecular formula is C11H14O2S. The second-order valence-electron chi connectivity index (χ2n) is 3.77. The second kappa shape index (κ2) is 3.83. The molecule has 2 atom stereocenters. The SMILES string of the molecule is Cc1ccsc1C(=O)C1CCOC1C. The Kier molecular flexibility index (Phi) is 2.70. The molecule has 0 N–H and O–H groups in total. The van der Waals surface area contributed by atoms with Crippen molar-refractivity contribution < 1.29 is 9.53 Å². The van der Waals surface area contributed by atoms with Crippen molar-refractivity contribution in [1.82, 2.24) is 0 Å². The molecule has 2 nitrogen and oxygen atoms in total. The van der Waals surface area contributed by atoms with Gasteiger partial charge >= 0.3 is 0 Å². The van der Waals surface area contributed by atoms with E-state index in [1.165, 1.54) is 0 Å². The number of rotatable bonds is 2. The van der Waals surface area contributed by atoms with Crippen LogP contribution in [0, 0.1) is 12.8 Å². The fraction of sp³-hybridized carbons (Fsp3) is 0.545. The molecule has 0 aliphatic carbocycles. The third-order valence-electron chi connectivity index (χ3n) is 2.80. The van der Waals surface area contributed by atoms with Crippen LogP contribution in [0.2, 0.25) is 0 Å². The van der Waals surface area contributed by atoms with E-state index < -0.39 is 0 Å². The summed E-state index contributed by atoms with van der Waals surface area (Å²) in [6, 6.07) is 2.00. The van der Waals surface area contributed by atoms with Gasteiger partial charge in [-0.05, 0) is 37.3 Å². The van der Waals surface area contributed by atoms with Crippen LogP contribution in [0.3, 0.4) is 0 Å². The van der Waals surface area contributed by atoms with Gasteiger partial charge in [-0.25, -0.2) is 0 Å². The van der Waals surface area contributed by atoms with Crippen LogP contribution >= 0.6 is 11.3 Å². The first kappa shape index (κ1) is 9.87. The van der Waals surface area contributed by atoms with Gasteiger partial charge in [-0.15, -0.1) is 11.3 Å². The van der Waals surface area contributed by atoms with Gasteiger partial charge < -0.3 is 4.74 Å². The molecule has 0 radical (unpaired) electrons. The van der Waals surface area contributed by atoms with Gasteiger partial charge in [0.1, 0.15) is 0 Å². The number of ketones is 1. The first-order valence-corrected chi connectivity index (χ1v) is 5.78. The Morgan fingerprint density at radius 2 is 2.43 bits per heavy atom. The summed E-state index contributed by atoms with van der Waals surface area (Å²) in [5, 5.41) is 1.98. The van der Waals surface area contributed by atoms with Crippen LogP contribution in [0.25, 0.3) is 0 Å². The van der Waals surface area contributed by atoms with Crippen LogP contribution in [-0.2, 0) is 4.74 Å². The average Bonchev–Trinajstić information content (AvgIpc) is 2.73. The summed E-state index contributed by atoms with van der Waals surface area (Å²) in [4.78, 5) is 13.0. The van der Waals surface area contributed by atoms with E-state index in [0.717, 1.165) is 23.5 Å². The maximum absolute atomic E-state index is 12.1. The molecule has 0 bridgehead atoms. The molecule has 0 aromatic carbocycles. The van der Waals surface area contributed by atoms with Crippen molar-refractivity contribution >= 4 is 17.1 Å². The highest BCUT2D eigenvalue weighted by molar-refractivity contribution is 7.12. The molecule has 2 unspecified atom stereocenters. The minimum atomic E-state index is 0.0762. The maximum Gasteiger partial charge on any atom is 0.178 e. The largest absolute Gasteiger partial charge is 0.378 e. The maximum atomic E-state index is 12.1. The minimum absolute atomic E-state index is 0.0762. The summed E-state index contributed by atoms with van der Waals surface area (Å²) in [7, 11) is 0. The summed E-state index contributed by atoms with van der Waals surface area (Å²) in [5.74, 6) is 0.342. The lowest BCUT2D eigenvalue weighted by Crippen LogP contribution is -2.21. The fourth-order valence-electron chi connectivity index (χ4n) is 1.87. The zero-order valence-electron chi connectivity index (χ0n) is 8.45. The zero-order chi connectivity index (χ0) is 10.1. The number of hydrogen-bond donors (Lipinski definition) is 0. The third-order valence-corrected chi connectivity index (χ3v) is 3.83. The van der Waals surface area contributed by atoms with E-state index in [-0.39, 0.29) is 17.8 Å². The van der Waals surface area contributed by atoms with E-state index in [0.29, 0.717) is 0 Å². The van der Waals surface area contributed by atoms with Gasteiger partial charge in [0.05, 0.1) is 16.9 Å². The van der Waals surface area contributed by atoms with Gasteiger partial charge in [-0.2, -0.15) is 0 Å². The lowest BCUT2D eigenvalue weighted by atomic mass is 9.95. The summed E-state index contributed by atoms with van der Waals surface area (Å²) < 4.78 is 5.41. The number of carbonyl (C=O) groups excluding carboxylic acids is 1. The molecule has 1 aromatic heterocycles. The third kappa shape index (κ3) is 1.62. The normalized spacial score (nSPS) is 26.7. The predicted octanol–water partition coefficient (Wildman–Crippen LogP) is 2.66. The van der Waals surface area contributed by atoms with Gasteiger partial charge in [0.25, 0.3) is 0 Å². The van der Waals surface area contributed by atoms with Gasteiger partial charge in [0, 0.05) is 6.61 Å². The number of hydrogen-bond acceptors (Lipinski definition) is 3. The van der Waals surface area contributed by atoms with Crippen molar-refractivity contribution in [3.05, 3.63) is 21.9 Å². The molecule has 1 aromatic rings. The molecule has 3 heteroatoms. The first-order valence-electron chi connectivity index (χ1n) is 4.90. The van der Waals surface area contributed by atoms with Gasteiger partial charge in [0.15, 0.2) is 5.78 Å². The molecule has 0 spiro atoms. The molecular weight excluding hydrogens is 196 g/mol. The molecule has 0 amide bonds. The van der Waals surface area contributed by atoms with Crippen LogP contribution in [-0.4, -0.2) is 18.5 Å². The standard InChI is InChI=1S/C11H14O2S/c1-7-4-6-14-11(7)10(12)9-3-5-13-8(9)2/h4,6,8-9H,3,5H2,1-2H3. The fourth-order valence-corrected chi connectivity index (χ4v) is 2.80. The van der Waals surface area contributed by atoms with E-state index in [2.05, 4.69) is 0 Å². The molecule has 2 heterocycles. The molecule has 2 rings (SSSR count). The Balaban J connectivity index is 2.20. The number of ether oxygens (including phenoxy) is 1. The Hall–Kier alpha value is -0.670. The lowest BCUT2D eigenvalue weighted by molar-refractivity contribution is 0.0767. The van der Waals surface area contributed by atoms with Crippen molar-refractivity contribution in [3.8, 4) is 0 Å². The lowest BCUT2D eigenvalue weighted by Gasteiger charge is -2.11. The Labute approximate surface area is 87.9 Å². The van der Waals surface area contributed by atoms with Crippen molar-refractivity contribution in [2.75, 3.05) is 6.61 Å². The highest BCUT2D eigenvalue weighted by Crippen LogP contribution is 2.28. The van der Waals surface area contributed by atoms with Gasteiger partial charge in [-0.1, -0.05) is 0 Å². The molecule has 0 saturated carbocycles. The smallest absolute Gasteiger partial charge is 0.178 e. The summed E-state index contributed by atoms with van der Waals surface area (Å²) >= 11 is 1.54. The molecule has 14 heavy (non-hydrogen) atoms. The summed E-state index contributed by atoms with van der Waals surface area (Å²) in [5.41, 5.74) is 1.10. The monoisotopic (exact) mass is 210 g/mol. The van der Waals surface area contributed by atoms with Crippen molar-refractivity contribution in [2.45, 2.75) is 26.4 Å². The predicted molar refractivity (Wildman–Crippen MR) is 56.9 cm³/mol.